The molecule has 0 nitrogen and oxygen atoms in total. The Morgan fingerprint density at radius 1 is 0.750 bits per heavy atom. The van der Waals surface area contributed by atoms with Crippen LogP contribution < -0.4 is 0 Å². The Balaban J connectivity index is 0. The number of halogens is 1. The van der Waals surface area contributed by atoms with E-state index in [-0.39, 0.29) is 12.4 Å². The molecular formula is C14H32ClP. The van der Waals surface area contributed by atoms with Gasteiger partial charge in [0.2, 0.25) is 0 Å². The second-order valence-corrected chi connectivity index (χ2v) is 5.42. The SMILES string of the molecule is CCCCC(CP)(CCCC)CCCC.Cl. The Hall–Kier alpha value is 0.720. The molecule has 0 rings (SSSR count). The smallest absolute Gasteiger partial charge is 0.0263 e. The van der Waals surface area contributed by atoms with Crippen LogP contribution in [0, 0.1) is 5.41 Å². The maximum Gasteiger partial charge on any atom is -0.0263 e. The standard InChI is InChI=1S/C14H31P.ClH/c1-4-7-10-14(13-15,11-8-5-2)12-9-6-3;/h4-13,15H2,1-3H3;1H. The van der Waals surface area contributed by atoms with Gasteiger partial charge in [-0.1, -0.05) is 59.3 Å². The third-order valence-corrected chi connectivity index (χ3v) is 4.48. The van der Waals surface area contributed by atoms with Crippen LogP contribution in [0.3, 0.4) is 0 Å². The normalized spacial score (nSPS) is 11.2. The van der Waals surface area contributed by atoms with Crippen molar-refractivity contribution in [3.05, 3.63) is 0 Å². The third-order valence-electron chi connectivity index (χ3n) is 3.61. The van der Waals surface area contributed by atoms with Gasteiger partial charge in [0.05, 0.1) is 0 Å². The highest BCUT2D eigenvalue weighted by Crippen LogP contribution is 2.38. The van der Waals surface area contributed by atoms with E-state index in [1.165, 1.54) is 63.9 Å². The molecule has 100 valence electrons. The Morgan fingerprint density at radius 3 is 1.25 bits per heavy atom. The van der Waals surface area contributed by atoms with Gasteiger partial charge in [0, 0.05) is 0 Å². The lowest BCUT2D eigenvalue weighted by Gasteiger charge is -2.33. The van der Waals surface area contributed by atoms with E-state index >= 15 is 0 Å². The molecule has 0 spiro atoms. The first-order chi connectivity index (χ1) is 7.24. The summed E-state index contributed by atoms with van der Waals surface area (Å²) < 4.78 is 0. The van der Waals surface area contributed by atoms with Crippen molar-refractivity contribution < 1.29 is 0 Å². The summed E-state index contributed by atoms with van der Waals surface area (Å²) in [6, 6.07) is 0. The topological polar surface area (TPSA) is 0 Å². The van der Waals surface area contributed by atoms with Crippen molar-refractivity contribution in [1.29, 1.82) is 0 Å². The molecule has 0 aromatic carbocycles. The molecule has 0 radical (unpaired) electrons. The van der Waals surface area contributed by atoms with Crippen LogP contribution in [0.2, 0.25) is 0 Å². The van der Waals surface area contributed by atoms with E-state index in [0.717, 1.165) is 0 Å². The largest absolute Gasteiger partial charge is 0.147 e. The van der Waals surface area contributed by atoms with Crippen LogP contribution in [0.15, 0.2) is 0 Å². The number of hydrogen-bond acceptors (Lipinski definition) is 0. The molecule has 0 fully saturated rings. The molecule has 0 heterocycles. The van der Waals surface area contributed by atoms with E-state index in [1.54, 1.807) is 0 Å². The highest BCUT2D eigenvalue weighted by molar-refractivity contribution is 7.16. The zero-order chi connectivity index (χ0) is 11.6. The molecule has 0 N–H and O–H groups in total. The van der Waals surface area contributed by atoms with Gasteiger partial charge in [-0.3, -0.25) is 0 Å². The Labute approximate surface area is 112 Å². The maximum absolute atomic E-state index is 3.01. The van der Waals surface area contributed by atoms with Crippen LogP contribution in [0.25, 0.3) is 0 Å². The Kier molecular flexibility index (Phi) is 14.5. The van der Waals surface area contributed by atoms with Gasteiger partial charge in [0.15, 0.2) is 0 Å². The fourth-order valence-electron chi connectivity index (χ4n) is 2.34. The first kappa shape index (κ1) is 19.1. The van der Waals surface area contributed by atoms with Gasteiger partial charge in [0.25, 0.3) is 0 Å². The minimum Gasteiger partial charge on any atom is -0.147 e. The highest BCUT2D eigenvalue weighted by atomic mass is 35.5. The van der Waals surface area contributed by atoms with E-state index < -0.39 is 0 Å². The molecule has 0 aliphatic rings. The van der Waals surface area contributed by atoms with E-state index in [4.69, 9.17) is 0 Å². The minimum absolute atomic E-state index is 0. The van der Waals surface area contributed by atoms with E-state index in [1.807, 2.05) is 0 Å². The van der Waals surface area contributed by atoms with Gasteiger partial charge >= 0.3 is 0 Å². The molecule has 1 unspecified atom stereocenters. The van der Waals surface area contributed by atoms with Crippen molar-refractivity contribution in [1.82, 2.24) is 0 Å². The average molecular weight is 267 g/mol. The van der Waals surface area contributed by atoms with Gasteiger partial charge in [-0.2, -0.15) is 0 Å². The molecule has 0 saturated carbocycles. The lowest BCUT2D eigenvalue weighted by Crippen LogP contribution is -2.22. The van der Waals surface area contributed by atoms with Gasteiger partial charge in [-0.25, -0.2) is 0 Å². The molecule has 0 aliphatic heterocycles. The van der Waals surface area contributed by atoms with Crippen LogP contribution in [0.5, 0.6) is 0 Å². The summed E-state index contributed by atoms with van der Waals surface area (Å²) in [4.78, 5) is 0. The van der Waals surface area contributed by atoms with Gasteiger partial charge in [-0.15, -0.1) is 21.6 Å². The summed E-state index contributed by atoms with van der Waals surface area (Å²) in [7, 11) is 3.01. The molecule has 0 aromatic rings. The van der Waals surface area contributed by atoms with Gasteiger partial charge in [0.1, 0.15) is 0 Å². The predicted molar refractivity (Wildman–Crippen MR) is 82.8 cm³/mol. The summed E-state index contributed by atoms with van der Waals surface area (Å²) in [6.07, 6.45) is 14.0. The van der Waals surface area contributed by atoms with Crippen molar-refractivity contribution >= 4 is 21.6 Å². The van der Waals surface area contributed by atoms with Crippen LogP contribution in [0.4, 0.5) is 0 Å². The quantitative estimate of drug-likeness (QED) is 0.436. The molecule has 0 aliphatic carbocycles. The lowest BCUT2D eigenvalue weighted by molar-refractivity contribution is 0.235. The second kappa shape index (κ2) is 12.2. The Bertz CT molecular complexity index is 115. The summed E-state index contributed by atoms with van der Waals surface area (Å²) in [5.74, 6) is 0. The Morgan fingerprint density at radius 2 is 1.06 bits per heavy atom. The van der Waals surface area contributed by atoms with Crippen molar-refractivity contribution in [2.45, 2.75) is 78.6 Å². The van der Waals surface area contributed by atoms with Crippen molar-refractivity contribution in [2.75, 3.05) is 6.16 Å². The zero-order valence-electron chi connectivity index (χ0n) is 11.6. The molecular weight excluding hydrogens is 235 g/mol. The van der Waals surface area contributed by atoms with Crippen LogP contribution >= 0.6 is 21.6 Å². The first-order valence-corrected chi connectivity index (χ1v) is 7.76. The molecule has 16 heavy (non-hydrogen) atoms. The van der Waals surface area contributed by atoms with E-state index in [0.29, 0.717) is 5.41 Å². The molecule has 0 bridgehead atoms. The van der Waals surface area contributed by atoms with Gasteiger partial charge < -0.3 is 0 Å². The van der Waals surface area contributed by atoms with Crippen molar-refractivity contribution in [3.63, 3.8) is 0 Å². The molecule has 2 heteroatoms. The molecule has 0 aromatic heterocycles. The summed E-state index contributed by atoms with van der Waals surface area (Å²) in [5.41, 5.74) is 0.659. The van der Waals surface area contributed by atoms with Crippen LogP contribution in [-0.4, -0.2) is 6.16 Å². The van der Waals surface area contributed by atoms with Gasteiger partial charge in [-0.05, 0) is 30.8 Å². The number of unbranched alkanes of at least 4 members (excludes halogenated alkanes) is 3. The maximum atomic E-state index is 3.01. The average Bonchev–Trinajstić information content (AvgIpc) is 2.29. The highest BCUT2D eigenvalue weighted by Gasteiger charge is 2.25. The fourth-order valence-corrected chi connectivity index (χ4v) is 2.95. The van der Waals surface area contributed by atoms with Crippen molar-refractivity contribution in [2.24, 2.45) is 5.41 Å². The summed E-state index contributed by atoms with van der Waals surface area (Å²) in [5, 5.41) is 0. The van der Waals surface area contributed by atoms with Crippen molar-refractivity contribution in [3.8, 4) is 0 Å². The number of hydrogen-bond donors (Lipinski definition) is 0. The fraction of sp³-hybridized carbons (Fsp3) is 1.00. The van der Waals surface area contributed by atoms with Crippen LogP contribution in [0.1, 0.15) is 78.6 Å². The molecule has 0 saturated heterocycles. The lowest BCUT2D eigenvalue weighted by atomic mass is 9.76. The predicted octanol–water partition coefficient (Wildman–Crippen LogP) is 5.84. The minimum atomic E-state index is 0. The summed E-state index contributed by atoms with van der Waals surface area (Å²) in [6.45, 7) is 6.94. The summed E-state index contributed by atoms with van der Waals surface area (Å²) >= 11 is 0. The van der Waals surface area contributed by atoms with Crippen LogP contribution in [-0.2, 0) is 0 Å². The molecule has 0 amide bonds. The second-order valence-electron chi connectivity index (χ2n) is 5.01. The third kappa shape index (κ3) is 7.91. The molecule has 1 atom stereocenters. The zero-order valence-corrected chi connectivity index (χ0v) is 13.5. The van der Waals surface area contributed by atoms with E-state index in [9.17, 15) is 0 Å². The number of rotatable bonds is 10. The monoisotopic (exact) mass is 266 g/mol. The first-order valence-electron chi connectivity index (χ1n) is 6.94. The van der Waals surface area contributed by atoms with E-state index in [2.05, 4.69) is 30.0 Å².